The van der Waals surface area contributed by atoms with Crippen LogP contribution in [0.2, 0.25) is 0 Å². The Morgan fingerprint density at radius 1 is 1.07 bits per heavy atom. The first-order valence-electron chi connectivity index (χ1n) is 9.11. The van der Waals surface area contributed by atoms with Crippen molar-refractivity contribution in [3.05, 3.63) is 53.5 Å². The van der Waals surface area contributed by atoms with Gasteiger partial charge in [0.1, 0.15) is 22.3 Å². The van der Waals surface area contributed by atoms with Crippen molar-refractivity contribution >= 4 is 17.4 Å². The van der Waals surface area contributed by atoms with Gasteiger partial charge < -0.3 is 14.2 Å². The van der Waals surface area contributed by atoms with Crippen molar-refractivity contribution in [3.63, 3.8) is 0 Å². The molecule has 29 heavy (non-hydrogen) atoms. The maximum Gasteiger partial charge on any atom is 0.151 e. The fraction of sp³-hybridized carbons (Fsp3) is 0.273. The smallest absolute Gasteiger partial charge is 0.151 e. The Labute approximate surface area is 173 Å². The summed E-state index contributed by atoms with van der Waals surface area (Å²) in [7, 11) is 3.07. The monoisotopic (exact) mass is 414 g/mol. The van der Waals surface area contributed by atoms with Crippen LogP contribution in [-0.4, -0.2) is 30.5 Å². The van der Waals surface area contributed by atoms with Crippen molar-refractivity contribution in [3.8, 4) is 32.6 Å². The number of aromatic nitrogens is 2. The Hall–Kier alpha value is -2.93. The van der Waals surface area contributed by atoms with E-state index in [1.807, 2.05) is 39.0 Å². The van der Waals surface area contributed by atoms with Gasteiger partial charge in [-0.2, -0.15) is 0 Å². The van der Waals surface area contributed by atoms with Crippen molar-refractivity contribution in [1.29, 1.82) is 0 Å². The molecule has 1 aromatic heterocycles. The number of methoxy groups -OCH3 is 2. The first-order valence-corrected chi connectivity index (χ1v) is 9.93. The SMILES string of the molecule is CO/C=C/c1cc(F)cc(-c2nnc(-c3ccc(OC(C)C)c(C)c3)s2)c1OC. The van der Waals surface area contributed by atoms with E-state index in [0.717, 1.165) is 21.9 Å². The van der Waals surface area contributed by atoms with Gasteiger partial charge in [-0.3, -0.25) is 0 Å². The molecule has 0 atom stereocenters. The molecule has 5 nitrogen and oxygen atoms in total. The van der Waals surface area contributed by atoms with E-state index in [4.69, 9.17) is 14.2 Å². The third kappa shape index (κ3) is 4.74. The lowest BCUT2D eigenvalue weighted by atomic mass is 10.1. The standard InChI is InChI=1S/C22H23FN2O3S/c1-13(2)28-19-7-6-16(10-14(19)3)21-24-25-22(29-21)18-12-17(23)11-15(8-9-26-4)20(18)27-5/h6-13H,1-5H3/b9-8+. The second-order valence-corrected chi connectivity index (χ2v) is 7.65. The topological polar surface area (TPSA) is 53.5 Å². The zero-order valence-corrected chi connectivity index (χ0v) is 17.8. The highest BCUT2D eigenvalue weighted by atomic mass is 32.1. The van der Waals surface area contributed by atoms with Gasteiger partial charge in [-0.25, -0.2) is 4.39 Å². The fourth-order valence-corrected chi connectivity index (χ4v) is 3.74. The molecule has 0 unspecified atom stereocenters. The van der Waals surface area contributed by atoms with Crippen LogP contribution in [-0.2, 0) is 4.74 Å². The van der Waals surface area contributed by atoms with Crippen LogP contribution in [0.4, 0.5) is 4.39 Å². The zero-order valence-electron chi connectivity index (χ0n) is 17.0. The molecule has 0 aliphatic rings. The molecule has 7 heteroatoms. The molecule has 0 fully saturated rings. The van der Waals surface area contributed by atoms with E-state index in [-0.39, 0.29) is 11.9 Å². The number of ether oxygens (including phenoxy) is 3. The average molecular weight is 415 g/mol. The van der Waals surface area contributed by atoms with Crippen molar-refractivity contribution in [2.75, 3.05) is 14.2 Å². The molecule has 0 spiro atoms. The lowest BCUT2D eigenvalue weighted by Crippen LogP contribution is -2.06. The lowest BCUT2D eigenvalue weighted by Gasteiger charge is -2.12. The predicted octanol–water partition coefficient (Wildman–Crippen LogP) is 5.73. The molecule has 0 bridgehead atoms. The van der Waals surface area contributed by atoms with Crippen LogP contribution < -0.4 is 9.47 Å². The van der Waals surface area contributed by atoms with Crippen LogP contribution >= 0.6 is 11.3 Å². The van der Waals surface area contributed by atoms with E-state index >= 15 is 0 Å². The van der Waals surface area contributed by atoms with E-state index < -0.39 is 0 Å². The van der Waals surface area contributed by atoms with Crippen molar-refractivity contribution in [2.45, 2.75) is 26.9 Å². The van der Waals surface area contributed by atoms with Gasteiger partial charge in [0.05, 0.1) is 32.1 Å². The van der Waals surface area contributed by atoms with E-state index in [1.165, 1.54) is 36.8 Å². The summed E-state index contributed by atoms with van der Waals surface area (Å²) in [5.74, 6) is 0.966. The quantitative estimate of drug-likeness (QED) is 0.462. The molecule has 0 aliphatic heterocycles. The number of hydrogen-bond acceptors (Lipinski definition) is 6. The molecule has 3 aromatic rings. The molecule has 152 valence electrons. The number of nitrogens with zero attached hydrogens (tertiary/aromatic N) is 2. The number of aryl methyl sites for hydroxylation is 1. The summed E-state index contributed by atoms with van der Waals surface area (Å²) >= 11 is 1.37. The zero-order chi connectivity index (χ0) is 21.0. The summed E-state index contributed by atoms with van der Waals surface area (Å²) in [4.78, 5) is 0. The summed E-state index contributed by atoms with van der Waals surface area (Å²) in [6.45, 7) is 5.98. The third-order valence-electron chi connectivity index (χ3n) is 4.11. The van der Waals surface area contributed by atoms with E-state index in [9.17, 15) is 4.39 Å². The Balaban J connectivity index is 1.99. The number of hydrogen-bond donors (Lipinski definition) is 0. The summed E-state index contributed by atoms with van der Waals surface area (Å²) in [6, 6.07) is 8.68. The third-order valence-corrected chi connectivity index (χ3v) is 5.12. The molecular formula is C22H23FN2O3S. The van der Waals surface area contributed by atoms with Crippen molar-refractivity contribution in [1.82, 2.24) is 10.2 Å². The normalized spacial score (nSPS) is 11.3. The fourth-order valence-electron chi connectivity index (χ4n) is 2.88. The maximum atomic E-state index is 14.2. The van der Waals surface area contributed by atoms with Gasteiger partial charge in [0, 0.05) is 11.1 Å². The molecule has 0 aliphatic carbocycles. The Kier molecular flexibility index (Phi) is 6.49. The highest BCUT2D eigenvalue weighted by Gasteiger charge is 2.17. The van der Waals surface area contributed by atoms with Gasteiger partial charge in [0.2, 0.25) is 0 Å². The maximum absolute atomic E-state index is 14.2. The first kappa shape index (κ1) is 20.8. The summed E-state index contributed by atoms with van der Waals surface area (Å²) in [5, 5.41) is 9.88. The van der Waals surface area contributed by atoms with Crippen LogP contribution in [0, 0.1) is 12.7 Å². The largest absolute Gasteiger partial charge is 0.504 e. The second-order valence-electron chi connectivity index (χ2n) is 6.67. The van der Waals surface area contributed by atoms with Crippen LogP contribution in [0.1, 0.15) is 25.0 Å². The minimum atomic E-state index is -0.390. The van der Waals surface area contributed by atoms with Crippen molar-refractivity contribution in [2.24, 2.45) is 0 Å². The van der Waals surface area contributed by atoms with Gasteiger partial charge in [0.15, 0.2) is 5.01 Å². The van der Waals surface area contributed by atoms with Crippen LogP contribution in [0.15, 0.2) is 36.6 Å². The number of benzene rings is 2. The van der Waals surface area contributed by atoms with Crippen LogP contribution in [0.25, 0.3) is 27.2 Å². The van der Waals surface area contributed by atoms with E-state index in [0.29, 0.717) is 21.9 Å². The van der Waals surface area contributed by atoms with Gasteiger partial charge in [-0.1, -0.05) is 11.3 Å². The number of halogens is 1. The molecule has 0 N–H and O–H groups in total. The average Bonchev–Trinajstić information content (AvgIpc) is 3.17. The molecule has 0 amide bonds. The lowest BCUT2D eigenvalue weighted by molar-refractivity contribution is 0.241. The summed E-state index contributed by atoms with van der Waals surface area (Å²) < 4.78 is 30.5. The Morgan fingerprint density at radius 3 is 2.48 bits per heavy atom. The van der Waals surface area contributed by atoms with Gasteiger partial charge in [-0.15, -0.1) is 10.2 Å². The van der Waals surface area contributed by atoms with Crippen molar-refractivity contribution < 1.29 is 18.6 Å². The molecule has 2 aromatic carbocycles. The highest BCUT2D eigenvalue weighted by molar-refractivity contribution is 7.18. The molecule has 0 saturated carbocycles. The number of rotatable bonds is 7. The second kappa shape index (κ2) is 9.05. The minimum Gasteiger partial charge on any atom is -0.504 e. The Bertz CT molecular complexity index is 1030. The van der Waals surface area contributed by atoms with Crippen LogP contribution in [0.3, 0.4) is 0 Å². The van der Waals surface area contributed by atoms with E-state index in [2.05, 4.69) is 10.2 Å². The molecule has 1 heterocycles. The first-order chi connectivity index (χ1) is 13.9. The Morgan fingerprint density at radius 2 is 1.83 bits per heavy atom. The molecule has 0 saturated heterocycles. The molecule has 0 radical (unpaired) electrons. The molecule has 3 rings (SSSR count). The predicted molar refractivity (Wildman–Crippen MR) is 114 cm³/mol. The van der Waals surface area contributed by atoms with E-state index in [1.54, 1.807) is 13.2 Å². The minimum absolute atomic E-state index is 0.106. The van der Waals surface area contributed by atoms with Gasteiger partial charge >= 0.3 is 0 Å². The van der Waals surface area contributed by atoms with Crippen LogP contribution in [0.5, 0.6) is 11.5 Å². The summed E-state index contributed by atoms with van der Waals surface area (Å²) in [5.41, 5.74) is 3.05. The highest BCUT2D eigenvalue weighted by Crippen LogP contribution is 2.39. The van der Waals surface area contributed by atoms with Gasteiger partial charge in [0.25, 0.3) is 0 Å². The molecular weight excluding hydrogens is 391 g/mol. The van der Waals surface area contributed by atoms with Gasteiger partial charge in [-0.05, 0) is 62.7 Å². The summed E-state index contributed by atoms with van der Waals surface area (Å²) in [6.07, 6.45) is 3.22.